The van der Waals surface area contributed by atoms with E-state index in [1.807, 2.05) is 13.0 Å². The summed E-state index contributed by atoms with van der Waals surface area (Å²) >= 11 is 0. The Labute approximate surface area is 86.5 Å². The first-order valence-electron chi connectivity index (χ1n) is 4.60. The van der Waals surface area contributed by atoms with Gasteiger partial charge in [0.05, 0.1) is 22.9 Å². The lowest BCUT2D eigenvalue weighted by Gasteiger charge is -2.04. The first-order valence-corrected chi connectivity index (χ1v) is 4.60. The van der Waals surface area contributed by atoms with Gasteiger partial charge in [0.1, 0.15) is 0 Å². The maximum Gasteiger partial charge on any atom is 0.296 e. The second kappa shape index (κ2) is 3.21. The van der Waals surface area contributed by atoms with E-state index in [-0.39, 0.29) is 0 Å². The Bertz CT molecular complexity index is 512. The van der Waals surface area contributed by atoms with Crippen LogP contribution >= 0.6 is 0 Å². The molecule has 0 radical (unpaired) electrons. The van der Waals surface area contributed by atoms with E-state index in [1.54, 1.807) is 6.07 Å². The van der Waals surface area contributed by atoms with Crippen LogP contribution in [0.15, 0.2) is 12.1 Å². The van der Waals surface area contributed by atoms with Crippen LogP contribution in [0.4, 0.5) is 5.69 Å². The number of nitrogens with one attached hydrogen (secondary N) is 1. The van der Waals surface area contributed by atoms with E-state index in [9.17, 15) is 9.59 Å². The molecule has 0 unspecified atom stereocenters. The van der Waals surface area contributed by atoms with E-state index >= 15 is 0 Å². The first kappa shape index (κ1) is 9.41. The molecule has 1 aromatic rings. The van der Waals surface area contributed by atoms with Crippen LogP contribution in [0.1, 0.15) is 28.4 Å². The van der Waals surface area contributed by atoms with E-state index < -0.39 is 11.7 Å². The molecule has 0 aromatic heterocycles. The van der Waals surface area contributed by atoms with Crippen molar-refractivity contribution in [2.75, 3.05) is 5.32 Å². The molecule has 1 aromatic carbocycles. The number of aryl methyl sites for hydroxylation is 1. The fourth-order valence-corrected chi connectivity index (χ4v) is 1.66. The molecule has 0 aliphatic carbocycles. The number of fused-ring (bicyclic) bond motifs is 1. The summed E-state index contributed by atoms with van der Waals surface area (Å²) in [4.78, 5) is 22.6. The molecule has 0 bridgehead atoms. The van der Waals surface area contributed by atoms with E-state index in [1.165, 1.54) is 6.07 Å². The molecule has 0 atom stereocenters. The molecule has 1 N–H and O–H groups in total. The van der Waals surface area contributed by atoms with Crippen LogP contribution in [0.2, 0.25) is 0 Å². The molecule has 0 saturated heterocycles. The smallest absolute Gasteiger partial charge is 0.296 e. The van der Waals surface area contributed by atoms with Gasteiger partial charge >= 0.3 is 0 Å². The van der Waals surface area contributed by atoms with Crippen LogP contribution in [0.5, 0.6) is 0 Å². The molecule has 4 nitrogen and oxygen atoms in total. The number of nitrogens with zero attached hydrogens (tertiary/aromatic N) is 1. The van der Waals surface area contributed by atoms with Crippen molar-refractivity contribution in [2.24, 2.45) is 0 Å². The third-order valence-electron chi connectivity index (χ3n) is 2.42. The van der Waals surface area contributed by atoms with E-state index in [0.29, 0.717) is 23.2 Å². The fraction of sp³-hybridized carbons (Fsp3) is 0.182. The standard InChI is InChI=1S/C11H8N2O2/c1-2-7-3-6(5-12)4-8-9(7)13-11(15)10(8)14/h3-4H,2H2,1H3,(H,13,14,15). The molecule has 4 heteroatoms. The van der Waals surface area contributed by atoms with Gasteiger partial charge in [-0.25, -0.2) is 0 Å². The van der Waals surface area contributed by atoms with Crippen LogP contribution < -0.4 is 5.32 Å². The highest BCUT2D eigenvalue weighted by Gasteiger charge is 2.30. The topological polar surface area (TPSA) is 70.0 Å². The summed E-state index contributed by atoms with van der Waals surface area (Å²) in [5, 5.41) is 11.3. The molecule has 0 spiro atoms. The zero-order chi connectivity index (χ0) is 11.0. The van der Waals surface area contributed by atoms with Gasteiger partial charge in [0.15, 0.2) is 0 Å². The SMILES string of the molecule is CCc1cc(C#N)cc2c1NC(=O)C2=O. The zero-order valence-corrected chi connectivity index (χ0v) is 8.13. The van der Waals surface area contributed by atoms with Gasteiger partial charge in [0.25, 0.3) is 11.7 Å². The summed E-state index contributed by atoms with van der Waals surface area (Å²) in [6.07, 6.45) is 0.672. The highest BCUT2D eigenvalue weighted by atomic mass is 16.2. The molecule has 2 rings (SSSR count). The second-order valence-electron chi connectivity index (χ2n) is 3.31. The van der Waals surface area contributed by atoms with Crippen molar-refractivity contribution in [2.45, 2.75) is 13.3 Å². The summed E-state index contributed by atoms with van der Waals surface area (Å²) in [7, 11) is 0. The van der Waals surface area contributed by atoms with Crippen molar-refractivity contribution in [3.05, 3.63) is 28.8 Å². The minimum Gasteiger partial charge on any atom is -0.318 e. The third kappa shape index (κ3) is 1.29. The number of carbonyl (C=O) groups is 2. The van der Waals surface area contributed by atoms with Gasteiger partial charge in [0.2, 0.25) is 0 Å². The summed E-state index contributed by atoms with van der Waals surface area (Å²) < 4.78 is 0. The lowest BCUT2D eigenvalue weighted by atomic mass is 10.0. The van der Waals surface area contributed by atoms with Crippen molar-refractivity contribution in [1.82, 2.24) is 0 Å². The highest BCUT2D eigenvalue weighted by molar-refractivity contribution is 6.51. The maximum atomic E-state index is 11.4. The number of nitriles is 1. The van der Waals surface area contributed by atoms with Crippen molar-refractivity contribution < 1.29 is 9.59 Å². The predicted octanol–water partition coefficient (Wildman–Crippen LogP) is 1.26. The third-order valence-corrected chi connectivity index (χ3v) is 2.42. The zero-order valence-electron chi connectivity index (χ0n) is 8.13. The van der Waals surface area contributed by atoms with Crippen molar-refractivity contribution in [3.63, 3.8) is 0 Å². The Hall–Kier alpha value is -2.15. The summed E-state index contributed by atoms with van der Waals surface area (Å²) in [6, 6.07) is 5.12. The molecule has 15 heavy (non-hydrogen) atoms. The number of anilines is 1. The lowest BCUT2D eigenvalue weighted by Crippen LogP contribution is -2.12. The van der Waals surface area contributed by atoms with Crippen LogP contribution in [0.3, 0.4) is 0 Å². The second-order valence-corrected chi connectivity index (χ2v) is 3.31. The average molecular weight is 200 g/mol. The van der Waals surface area contributed by atoms with Crippen molar-refractivity contribution >= 4 is 17.4 Å². The van der Waals surface area contributed by atoms with Crippen LogP contribution in [0, 0.1) is 11.3 Å². The van der Waals surface area contributed by atoms with Gasteiger partial charge in [-0.1, -0.05) is 6.92 Å². The van der Waals surface area contributed by atoms with Crippen LogP contribution in [-0.4, -0.2) is 11.7 Å². The molecule has 1 amide bonds. The number of hydrogen-bond acceptors (Lipinski definition) is 3. The molecule has 0 fully saturated rings. The van der Waals surface area contributed by atoms with Gasteiger partial charge in [-0.15, -0.1) is 0 Å². The van der Waals surface area contributed by atoms with E-state index in [4.69, 9.17) is 5.26 Å². The monoisotopic (exact) mass is 200 g/mol. The largest absolute Gasteiger partial charge is 0.318 e. The van der Waals surface area contributed by atoms with Gasteiger partial charge in [0, 0.05) is 0 Å². The van der Waals surface area contributed by atoms with Gasteiger partial charge in [-0.2, -0.15) is 5.26 Å². The van der Waals surface area contributed by atoms with Gasteiger partial charge in [-0.3, -0.25) is 9.59 Å². The number of amides is 1. The molecule has 0 saturated carbocycles. The van der Waals surface area contributed by atoms with E-state index in [2.05, 4.69) is 5.32 Å². The molecule has 1 aliphatic heterocycles. The highest BCUT2D eigenvalue weighted by Crippen LogP contribution is 2.28. The Morgan fingerprint density at radius 1 is 1.40 bits per heavy atom. The van der Waals surface area contributed by atoms with Crippen LogP contribution in [0.25, 0.3) is 0 Å². The Morgan fingerprint density at radius 3 is 2.73 bits per heavy atom. The van der Waals surface area contributed by atoms with E-state index in [0.717, 1.165) is 5.56 Å². The Morgan fingerprint density at radius 2 is 2.13 bits per heavy atom. The fourth-order valence-electron chi connectivity index (χ4n) is 1.66. The minimum atomic E-state index is -0.616. The predicted molar refractivity (Wildman–Crippen MR) is 53.5 cm³/mol. The first-order chi connectivity index (χ1) is 7.17. The molecular formula is C11H8N2O2. The summed E-state index contributed by atoms with van der Waals surface area (Å²) in [5.41, 5.74) is 2.11. The van der Waals surface area contributed by atoms with Crippen molar-refractivity contribution in [3.8, 4) is 6.07 Å². The number of rotatable bonds is 1. The molecule has 1 heterocycles. The van der Waals surface area contributed by atoms with Gasteiger partial charge < -0.3 is 5.32 Å². The number of benzene rings is 1. The quantitative estimate of drug-likeness (QED) is 0.693. The number of carbonyl (C=O) groups excluding carboxylic acids is 2. The Balaban J connectivity index is 2.69. The average Bonchev–Trinajstić information content (AvgIpc) is 2.54. The minimum absolute atomic E-state index is 0.316. The summed E-state index contributed by atoms with van der Waals surface area (Å²) in [6.45, 7) is 1.91. The normalized spacial score (nSPS) is 13.3. The van der Waals surface area contributed by atoms with Crippen molar-refractivity contribution in [1.29, 1.82) is 5.26 Å². The Kier molecular flexibility index (Phi) is 2.01. The molecule has 1 aliphatic rings. The van der Waals surface area contributed by atoms with Gasteiger partial charge in [-0.05, 0) is 24.1 Å². The molecule has 74 valence electrons. The van der Waals surface area contributed by atoms with Crippen LogP contribution in [-0.2, 0) is 11.2 Å². The number of hydrogen-bond donors (Lipinski definition) is 1. The molecular weight excluding hydrogens is 192 g/mol. The maximum absolute atomic E-state index is 11.4. The summed E-state index contributed by atoms with van der Waals surface area (Å²) in [5.74, 6) is -1.17. The lowest BCUT2D eigenvalue weighted by molar-refractivity contribution is -0.112. The number of ketones is 1. The number of Topliss-reactive ketones (excluding diaryl/α,β-unsaturated/α-hetero) is 1.